The van der Waals surface area contributed by atoms with Gasteiger partial charge in [-0.15, -0.1) is 0 Å². The monoisotopic (exact) mass is 397 g/mol. The Morgan fingerprint density at radius 3 is 1.93 bits per heavy atom. The first-order chi connectivity index (χ1) is 13.8. The lowest BCUT2D eigenvalue weighted by Gasteiger charge is -2.09. The zero-order chi connectivity index (χ0) is 20.6. The van der Waals surface area contributed by atoms with E-state index in [9.17, 15) is 23.4 Å². The van der Waals surface area contributed by atoms with Gasteiger partial charge in [0.1, 0.15) is 0 Å². The van der Waals surface area contributed by atoms with E-state index < -0.39 is 11.7 Å². The average molecular weight is 397 g/mol. The van der Waals surface area contributed by atoms with E-state index in [-0.39, 0.29) is 17.3 Å². The van der Waals surface area contributed by atoms with E-state index in [1.807, 2.05) is 0 Å². The van der Waals surface area contributed by atoms with E-state index in [4.69, 9.17) is 0 Å². The van der Waals surface area contributed by atoms with Crippen LogP contribution in [0.4, 0.5) is 13.2 Å². The quantitative estimate of drug-likeness (QED) is 0.556. The second kappa shape index (κ2) is 7.25. The fraction of sp³-hybridized carbons (Fsp3) is 0.217. The Morgan fingerprint density at radius 1 is 0.793 bits per heavy atom. The van der Waals surface area contributed by atoms with Crippen LogP contribution in [0.5, 0.6) is 11.8 Å². The van der Waals surface area contributed by atoms with Crippen LogP contribution >= 0.6 is 0 Å². The zero-order valence-electron chi connectivity index (χ0n) is 15.4. The Labute approximate surface area is 166 Å². The van der Waals surface area contributed by atoms with Gasteiger partial charge >= 0.3 is 6.18 Å². The molecule has 0 radical (unpaired) electrons. The van der Waals surface area contributed by atoms with Gasteiger partial charge in [0, 0.05) is 22.3 Å². The molecular formula is C23H18F3NO2. The van der Waals surface area contributed by atoms with Crippen molar-refractivity contribution in [1.29, 1.82) is 0 Å². The predicted molar refractivity (Wildman–Crippen MR) is 103 cm³/mol. The standard InChI is InChI=1S/C23H18F3NO2/c24-23(25,26)17-7-3-5-15(13-17)11-12-16-6-4-8-18(14-16)27-21(28)19-9-1-2-10-20(19)22(27)29/h3-8,13-14,28-29H,1-2,9-10H2. The summed E-state index contributed by atoms with van der Waals surface area (Å²) in [7, 11) is 0. The Bertz CT molecular complexity index is 1100. The smallest absolute Gasteiger partial charge is 0.416 e. The fourth-order valence-electron chi connectivity index (χ4n) is 3.65. The van der Waals surface area contributed by atoms with Crippen LogP contribution in [0, 0.1) is 11.8 Å². The maximum atomic E-state index is 12.8. The van der Waals surface area contributed by atoms with E-state index in [2.05, 4.69) is 11.8 Å². The summed E-state index contributed by atoms with van der Waals surface area (Å²) in [6.07, 6.45) is -1.05. The molecule has 0 spiro atoms. The lowest BCUT2D eigenvalue weighted by Crippen LogP contribution is -2.04. The number of nitrogens with zero attached hydrogens (tertiary/aromatic N) is 1. The van der Waals surface area contributed by atoms with Crippen LogP contribution in [0.15, 0.2) is 48.5 Å². The van der Waals surface area contributed by atoms with E-state index >= 15 is 0 Å². The minimum atomic E-state index is -4.42. The summed E-state index contributed by atoms with van der Waals surface area (Å²) in [5.74, 6) is 5.66. The van der Waals surface area contributed by atoms with E-state index in [1.165, 1.54) is 16.7 Å². The molecule has 2 aromatic carbocycles. The molecule has 0 bridgehead atoms. The highest BCUT2D eigenvalue weighted by molar-refractivity contribution is 5.56. The number of aromatic hydroxyl groups is 2. The minimum absolute atomic E-state index is 0.0280. The lowest BCUT2D eigenvalue weighted by molar-refractivity contribution is -0.137. The molecule has 1 aliphatic carbocycles. The van der Waals surface area contributed by atoms with Gasteiger partial charge in [0.25, 0.3) is 0 Å². The summed E-state index contributed by atoms with van der Waals surface area (Å²) in [6, 6.07) is 11.7. The summed E-state index contributed by atoms with van der Waals surface area (Å²) in [6.45, 7) is 0. The van der Waals surface area contributed by atoms with Crippen molar-refractivity contribution in [3.05, 3.63) is 76.3 Å². The molecule has 0 fully saturated rings. The van der Waals surface area contributed by atoms with Crippen molar-refractivity contribution in [2.75, 3.05) is 0 Å². The van der Waals surface area contributed by atoms with Crippen molar-refractivity contribution < 1.29 is 23.4 Å². The van der Waals surface area contributed by atoms with Gasteiger partial charge in [-0.3, -0.25) is 4.57 Å². The number of alkyl halides is 3. The van der Waals surface area contributed by atoms with Gasteiger partial charge < -0.3 is 10.2 Å². The normalized spacial score (nSPS) is 13.5. The van der Waals surface area contributed by atoms with Gasteiger partial charge in [0.2, 0.25) is 11.8 Å². The number of fused-ring (bicyclic) bond motifs is 1. The van der Waals surface area contributed by atoms with Gasteiger partial charge in [-0.05, 0) is 62.1 Å². The van der Waals surface area contributed by atoms with Crippen LogP contribution in [0.1, 0.15) is 40.7 Å². The van der Waals surface area contributed by atoms with Crippen LogP contribution < -0.4 is 0 Å². The Balaban J connectivity index is 1.69. The highest BCUT2D eigenvalue weighted by Crippen LogP contribution is 2.40. The molecule has 0 saturated carbocycles. The summed E-state index contributed by atoms with van der Waals surface area (Å²) in [5.41, 5.74) is 2.16. The number of hydrogen-bond donors (Lipinski definition) is 2. The topological polar surface area (TPSA) is 45.4 Å². The van der Waals surface area contributed by atoms with Gasteiger partial charge in [0.15, 0.2) is 0 Å². The van der Waals surface area contributed by atoms with Crippen LogP contribution in [-0.4, -0.2) is 14.8 Å². The third-order valence-electron chi connectivity index (χ3n) is 5.08. The zero-order valence-corrected chi connectivity index (χ0v) is 15.4. The molecule has 0 saturated heterocycles. The first kappa shape index (κ1) is 19.0. The molecule has 1 heterocycles. The number of hydrogen-bond acceptors (Lipinski definition) is 2. The largest absolute Gasteiger partial charge is 0.494 e. The average Bonchev–Trinajstić information content (AvgIpc) is 2.97. The molecule has 6 heteroatoms. The highest BCUT2D eigenvalue weighted by atomic mass is 19.4. The Kier molecular flexibility index (Phi) is 4.75. The SMILES string of the molecule is Oc1c2c(c(O)n1-c1cccc(C#Cc3cccc(C(F)(F)F)c3)c1)CCCC2. The van der Waals surface area contributed by atoms with Crippen molar-refractivity contribution in [2.24, 2.45) is 0 Å². The van der Waals surface area contributed by atoms with E-state index in [0.29, 0.717) is 11.3 Å². The fourth-order valence-corrected chi connectivity index (χ4v) is 3.65. The predicted octanol–water partition coefficient (Wildman–Crippen LogP) is 5.19. The molecule has 2 N–H and O–H groups in total. The number of halogens is 3. The molecule has 148 valence electrons. The van der Waals surface area contributed by atoms with E-state index in [1.54, 1.807) is 24.3 Å². The number of rotatable bonds is 1. The van der Waals surface area contributed by atoms with E-state index in [0.717, 1.165) is 48.9 Å². The number of benzene rings is 2. The molecule has 3 aromatic rings. The molecule has 0 atom stereocenters. The van der Waals surface area contributed by atoms with Crippen molar-refractivity contribution in [3.63, 3.8) is 0 Å². The molecule has 0 aliphatic heterocycles. The van der Waals surface area contributed by atoms with Gasteiger partial charge in [-0.1, -0.05) is 24.0 Å². The van der Waals surface area contributed by atoms with Gasteiger partial charge in [0.05, 0.1) is 11.3 Å². The lowest BCUT2D eigenvalue weighted by atomic mass is 9.95. The molecule has 3 nitrogen and oxygen atoms in total. The molecule has 0 amide bonds. The maximum Gasteiger partial charge on any atom is 0.416 e. The van der Waals surface area contributed by atoms with Crippen LogP contribution in [0.3, 0.4) is 0 Å². The summed E-state index contributed by atoms with van der Waals surface area (Å²) in [4.78, 5) is 0. The van der Waals surface area contributed by atoms with Gasteiger partial charge in [-0.25, -0.2) is 0 Å². The van der Waals surface area contributed by atoms with Crippen molar-refractivity contribution in [3.8, 4) is 29.3 Å². The van der Waals surface area contributed by atoms with Crippen molar-refractivity contribution in [1.82, 2.24) is 4.57 Å². The Morgan fingerprint density at radius 2 is 1.34 bits per heavy atom. The molecule has 29 heavy (non-hydrogen) atoms. The summed E-state index contributed by atoms with van der Waals surface area (Å²) >= 11 is 0. The van der Waals surface area contributed by atoms with Crippen molar-refractivity contribution in [2.45, 2.75) is 31.9 Å². The molecule has 0 unspecified atom stereocenters. The first-order valence-corrected chi connectivity index (χ1v) is 9.28. The summed E-state index contributed by atoms with van der Waals surface area (Å²) in [5, 5.41) is 21.1. The number of aromatic nitrogens is 1. The van der Waals surface area contributed by atoms with Crippen LogP contribution in [0.2, 0.25) is 0 Å². The Hall–Kier alpha value is -3.33. The third-order valence-corrected chi connectivity index (χ3v) is 5.08. The first-order valence-electron chi connectivity index (χ1n) is 9.28. The second-order valence-corrected chi connectivity index (χ2v) is 7.03. The molecule has 1 aromatic heterocycles. The highest BCUT2D eigenvalue weighted by Gasteiger charge is 2.30. The van der Waals surface area contributed by atoms with Crippen molar-refractivity contribution >= 4 is 0 Å². The van der Waals surface area contributed by atoms with Gasteiger partial charge in [-0.2, -0.15) is 13.2 Å². The molecule has 4 rings (SSSR count). The van der Waals surface area contributed by atoms with Crippen LogP contribution in [0.25, 0.3) is 5.69 Å². The molecular weight excluding hydrogens is 379 g/mol. The third kappa shape index (κ3) is 3.68. The minimum Gasteiger partial charge on any atom is -0.494 e. The molecule has 1 aliphatic rings. The maximum absolute atomic E-state index is 12.8. The van der Waals surface area contributed by atoms with Crippen LogP contribution in [-0.2, 0) is 19.0 Å². The second-order valence-electron chi connectivity index (χ2n) is 7.03. The summed E-state index contributed by atoms with van der Waals surface area (Å²) < 4.78 is 39.9.